The predicted molar refractivity (Wildman–Crippen MR) is 62.3 cm³/mol. The van der Waals surface area contributed by atoms with Crippen LogP contribution in [0.5, 0.6) is 5.75 Å². The van der Waals surface area contributed by atoms with E-state index < -0.39 is 11.6 Å². The summed E-state index contributed by atoms with van der Waals surface area (Å²) < 4.78 is 31.6. The molecule has 0 unspecified atom stereocenters. The van der Waals surface area contributed by atoms with Crippen molar-refractivity contribution in [3.63, 3.8) is 0 Å². The number of hydrogen-bond acceptors (Lipinski definition) is 3. The van der Waals surface area contributed by atoms with Crippen LogP contribution >= 0.6 is 0 Å². The molecule has 0 bridgehead atoms. The second-order valence-electron chi connectivity index (χ2n) is 4.03. The van der Waals surface area contributed by atoms with Crippen LogP contribution in [-0.2, 0) is 6.54 Å². The molecule has 2 aromatic rings. The van der Waals surface area contributed by atoms with Crippen molar-refractivity contribution in [3.8, 4) is 5.75 Å². The molecule has 1 aliphatic rings. The molecule has 0 fully saturated rings. The predicted octanol–water partition coefficient (Wildman–Crippen LogP) is 2.72. The molecule has 1 aliphatic heterocycles. The Kier molecular flexibility index (Phi) is 2.59. The van der Waals surface area contributed by atoms with Crippen LogP contribution in [0, 0.1) is 11.6 Å². The first-order valence-corrected chi connectivity index (χ1v) is 5.51. The maximum Gasteiger partial charge on any atom is 0.162 e. The highest BCUT2D eigenvalue weighted by Crippen LogP contribution is 2.29. The number of benzene rings is 1. The van der Waals surface area contributed by atoms with E-state index in [9.17, 15) is 8.78 Å². The Bertz CT molecular complexity index is 575. The van der Waals surface area contributed by atoms with Crippen molar-refractivity contribution in [2.45, 2.75) is 6.54 Å². The SMILES string of the molecule is Fc1cc2c(cc1F)OCN(c1ccccn1)C2. The molecule has 0 N–H and O–H groups in total. The lowest BCUT2D eigenvalue weighted by molar-refractivity contribution is 0.285. The number of fused-ring (bicyclic) bond motifs is 1. The van der Waals surface area contributed by atoms with Crippen LogP contribution in [0.3, 0.4) is 0 Å². The van der Waals surface area contributed by atoms with Crippen molar-refractivity contribution in [2.24, 2.45) is 0 Å². The number of halogens is 2. The summed E-state index contributed by atoms with van der Waals surface area (Å²) in [6.07, 6.45) is 1.68. The van der Waals surface area contributed by atoms with Crippen LogP contribution in [0.2, 0.25) is 0 Å². The van der Waals surface area contributed by atoms with E-state index in [4.69, 9.17) is 4.74 Å². The zero-order valence-electron chi connectivity index (χ0n) is 9.44. The van der Waals surface area contributed by atoms with Gasteiger partial charge < -0.3 is 9.64 Å². The Labute approximate surface area is 103 Å². The molecular weight excluding hydrogens is 238 g/mol. The number of pyridine rings is 1. The Balaban J connectivity index is 1.92. The van der Waals surface area contributed by atoms with E-state index in [0.29, 0.717) is 17.9 Å². The van der Waals surface area contributed by atoms with Crippen molar-refractivity contribution in [1.82, 2.24) is 4.98 Å². The summed E-state index contributed by atoms with van der Waals surface area (Å²) in [5.74, 6) is -0.616. The molecule has 18 heavy (non-hydrogen) atoms. The number of hydrogen-bond donors (Lipinski definition) is 0. The zero-order valence-corrected chi connectivity index (χ0v) is 9.44. The maximum atomic E-state index is 13.2. The van der Waals surface area contributed by atoms with E-state index in [1.165, 1.54) is 6.07 Å². The van der Waals surface area contributed by atoms with Crippen molar-refractivity contribution >= 4 is 5.82 Å². The Morgan fingerprint density at radius 1 is 1.17 bits per heavy atom. The molecule has 5 heteroatoms. The van der Waals surface area contributed by atoms with Crippen molar-refractivity contribution in [2.75, 3.05) is 11.6 Å². The Morgan fingerprint density at radius 2 is 2.00 bits per heavy atom. The minimum atomic E-state index is -0.889. The van der Waals surface area contributed by atoms with Gasteiger partial charge in [-0.3, -0.25) is 0 Å². The lowest BCUT2D eigenvalue weighted by atomic mass is 10.1. The molecule has 1 aromatic heterocycles. The molecule has 0 radical (unpaired) electrons. The number of ether oxygens (including phenoxy) is 1. The van der Waals surface area contributed by atoms with E-state index in [0.717, 1.165) is 11.9 Å². The minimum Gasteiger partial charge on any atom is -0.473 e. The van der Waals surface area contributed by atoms with Crippen LogP contribution in [0.25, 0.3) is 0 Å². The number of rotatable bonds is 1. The normalized spacial score (nSPS) is 14.0. The molecule has 0 atom stereocenters. The first kappa shape index (κ1) is 11.0. The van der Waals surface area contributed by atoms with E-state index in [1.807, 2.05) is 23.1 Å². The van der Waals surface area contributed by atoms with Crippen molar-refractivity contribution in [1.29, 1.82) is 0 Å². The molecule has 3 nitrogen and oxygen atoms in total. The van der Waals surface area contributed by atoms with Gasteiger partial charge >= 0.3 is 0 Å². The summed E-state index contributed by atoms with van der Waals surface area (Å²) in [5, 5.41) is 0. The fourth-order valence-corrected chi connectivity index (χ4v) is 1.91. The highest BCUT2D eigenvalue weighted by Gasteiger charge is 2.20. The van der Waals surface area contributed by atoms with Gasteiger partial charge in [-0.25, -0.2) is 13.8 Å². The van der Waals surface area contributed by atoms with Gasteiger partial charge in [-0.2, -0.15) is 0 Å². The van der Waals surface area contributed by atoms with E-state index in [1.54, 1.807) is 6.20 Å². The molecule has 1 aromatic carbocycles. The molecule has 0 aliphatic carbocycles. The standard InChI is InChI=1S/C13H10F2N2O/c14-10-5-9-7-17(13-3-1-2-4-16-13)8-18-12(9)6-11(10)15/h1-6H,7-8H2. The number of anilines is 1. The lowest BCUT2D eigenvalue weighted by Gasteiger charge is -2.29. The molecule has 2 heterocycles. The number of aromatic nitrogens is 1. The Morgan fingerprint density at radius 3 is 2.78 bits per heavy atom. The summed E-state index contributed by atoms with van der Waals surface area (Å²) in [6, 6.07) is 7.77. The second kappa shape index (κ2) is 4.25. The van der Waals surface area contributed by atoms with E-state index >= 15 is 0 Å². The van der Waals surface area contributed by atoms with E-state index in [2.05, 4.69) is 4.98 Å². The van der Waals surface area contributed by atoms with Gasteiger partial charge in [0.05, 0.1) is 6.54 Å². The van der Waals surface area contributed by atoms with Crippen LogP contribution in [0.1, 0.15) is 5.56 Å². The summed E-state index contributed by atoms with van der Waals surface area (Å²) in [6.45, 7) is 0.721. The smallest absolute Gasteiger partial charge is 0.162 e. The van der Waals surface area contributed by atoms with E-state index in [-0.39, 0.29) is 6.73 Å². The fraction of sp³-hybridized carbons (Fsp3) is 0.154. The van der Waals surface area contributed by atoms with Gasteiger partial charge in [0.25, 0.3) is 0 Å². The molecular formula is C13H10F2N2O. The number of nitrogens with zero attached hydrogens (tertiary/aromatic N) is 2. The highest BCUT2D eigenvalue weighted by atomic mass is 19.2. The first-order chi connectivity index (χ1) is 8.74. The third-order valence-corrected chi connectivity index (χ3v) is 2.81. The van der Waals surface area contributed by atoms with Crippen LogP contribution in [0.15, 0.2) is 36.5 Å². The second-order valence-corrected chi connectivity index (χ2v) is 4.03. The fourth-order valence-electron chi connectivity index (χ4n) is 1.91. The lowest BCUT2D eigenvalue weighted by Crippen LogP contribution is -2.32. The summed E-state index contributed by atoms with van der Waals surface area (Å²) in [7, 11) is 0. The van der Waals surface area contributed by atoms with Gasteiger partial charge in [-0.15, -0.1) is 0 Å². The molecule has 0 saturated carbocycles. The molecule has 0 amide bonds. The van der Waals surface area contributed by atoms with Gasteiger partial charge in [0, 0.05) is 17.8 Å². The molecule has 0 saturated heterocycles. The van der Waals surface area contributed by atoms with Gasteiger partial charge in [0.15, 0.2) is 18.4 Å². The third kappa shape index (κ3) is 1.88. The van der Waals surface area contributed by atoms with Crippen LogP contribution in [-0.4, -0.2) is 11.7 Å². The third-order valence-electron chi connectivity index (χ3n) is 2.81. The summed E-state index contributed by atoms with van der Waals surface area (Å²) >= 11 is 0. The largest absolute Gasteiger partial charge is 0.473 e. The molecule has 3 rings (SSSR count). The summed E-state index contributed by atoms with van der Waals surface area (Å²) in [4.78, 5) is 6.04. The quantitative estimate of drug-likeness (QED) is 0.775. The minimum absolute atomic E-state index is 0.273. The van der Waals surface area contributed by atoms with Crippen LogP contribution in [0.4, 0.5) is 14.6 Å². The average molecular weight is 248 g/mol. The summed E-state index contributed by atoms with van der Waals surface area (Å²) in [5.41, 5.74) is 0.616. The monoisotopic (exact) mass is 248 g/mol. The first-order valence-electron chi connectivity index (χ1n) is 5.51. The van der Waals surface area contributed by atoms with Crippen molar-refractivity contribution < 1.29 is 13.5 Å². The van der Waals surface area contributed by atoms with Crippen molar-refractivity contribution in [3.05, 3.63) is 53.7 Å². The van der Waals surface area contributed by atoms with Crippen LogP contribution < -0.4 is 9.64 Å². The van der Waals surface area contributed by atoms with Gasteiger partial charge in [0.2, 0.25) is 0 Å². The topological polar surface area (TPSA) is 25.4 Å². The zero-order chi connectivity index (χ0) is 12.5. The maximum absolute atomic E-state index is 13.2. The van der Waals surface area contributed by atoms with Gasteiger partial charge in [-0.05, 0) is 18.2 Å². The van der Waals surface area contributed by atoms with Gasteiger partial charge in [0.1, 0.15) is 11.6 Å². The highest BCUT2D eigenvalue weighted by molar-refractivity contribution is 5.45. The molecule has 0 spiro atoms. The average Bonchev–Trinajstić information content (AvgIpc) is 2.41. The van der Waals surface area contributed by atoms with Gasteiger partial charge in [-0.1, -0.05) is 6.07 Å². The Hall–Kier alpha value is -2.17. The molecule has 92 valence electrons.